The van der Waals surface area contributed by atoms with Crippen LogP contribution in [0.1, 0.15) is 43.1 Å². The number of halogens is 2. The molecule has 0 aliphatic carbocycles. The SMILES string of the molecule is CC(Br)CC1CCCCN1C(=O)c1ccc(Cl)cn1. The number of aromatic nitrogens is 1. The predicted molar refractivity (Wildman–Crippen MR) is 80.9 cm³/mol. The van der Waals surface area contributed by atoms with Crippen LogP contribution in [0.3, 0.4) is 0 Å². The summed E-state index contributed by atoms with van der Waals surface area (Å²) >= 11 is 9.39. The Balaban J connectivity index is 2.12. The van der Waals surface area contributed by atoms with E-state index in [4.69, 9.17) is 11.6 Å². The minimum absolute atomic E-state index is 0.0227. The lowest BCUT2D eigenvalue weighted by molar-refractivity contribution is 0.0597. The maximum absolute atomic E-state index is 12.5. The molecule has 3 nitrogen and oxygen atoms in total. The molecule has 1 aliphatic rings. The van der Waals surface area contributed by atoms with Crippen molar-refractivity contribution in [2.24, 2.45) is 0 Å². The molecule has 1 aromatic heterocycles. The molecule has 2 heterocycles. The third kappa shape index (κ3) is 3.93. The average molecular weight is 346 g/mol. The standard InChI is InChI=1S/C14H18BrClN2O/c1-10(15)8-12-4-2-3-7-18(12)14(19)13-6-5-11(16)9-17-13/h5-6,9-10,12H,2-4,7-8H2,1H3. The monoisotopic (exact) mass is 344 g/mol. The summed E-state index contributed by atoms with van der Waals surface area (Å²) in [7, 11) is 0. The van der Waals surface area contributed by atoms with E-state index in [1.54, 1.807) is 12.1 Å². The molecular weight excluding hydrogens is 328 g/mol. The number of amides is 1. The largest absolute Gasteiger partial charge is 0.334 e. The van der Waals surface area contributed by atoms with Crippen molar-refractivity contribution in [2.45, 2.75) is 43.5 Å². The lowest BCUT2D eigenvalue weighted by Crippen LogP contribution is -2.44. The van der Waals surface area contributed by atoms with Gasteiger partial charge in [-0.05, 0) is 37.8 Å². The number of pyridine rings is 1. The van der Waals surface area contributed by atoms with Crippen LogP contribution in [-0.4, -0.2) is 33.2 Å². The second-order valence-electron chi connectivity index (χ2n) is 5.03. The third-order valence-electron chi connectivity index (χ3n) is 3.43. The van der Waals surface area contributed by atoms with Crippen molar-refractivity contribution in [2.75, 3.05) is 6.54 Å². The summed E-state index contributed by atoms with van der Waals surface area (Å²) in [4.78, 5) is 19.0. The number of rotatable bonds is 3. The molecule has 2 rings (SSSR count). The molecule has 1 amide bonds. The fraction of sp³-hybridized carbons (Fsp3) is 0.571. The van der Waals surface area contributed by atoms with Gasteiger partial charge in [-0.2, -0.15) is 0 Å². The van der Waals surface area contributed by atoms with Crippen molar-refractivity contribution < 1.29 is 4.79 Å². The Bertz CT molecular complexity index is 436. The van der Waals surface area contributed by atoms with E-state index in [0.29, 0.717) is 21.6 Å². The van der Waals surface area contributed by atoms with E-state index in [-0.39, 0.29) is 5.91 Å². The normalized spacial score (nSPS) is 21.2. The summed E-state index contributed by atoms with van der Waals surface area (Å²) in [5.41, 5.74) is 0.485. The molecule has 0 bridgehead atoms. The molecule has 1 saturated heterocycles. The van der Waals surface area contributed by atoms with Crippen molar-refractivity contribution in [1.82, 2.24) is 9.88 Å². The van der Waals surface area contributed by atoms with Crippen LogP contribution >= 0.6 is 27.5 Å². The summed E-state index contributed by atoms with van der Waals surface area (Å²) < 4.78 is 0. The van der Waals surface area contributed by atoms with E-state index in [1.807, 2.05) is 4.90 Å². The van der Waals surface area contributed by atoms with Crippen molar-refractivity contribution in [1.29, 1.82) is 0 Å². The van der Waals surface area contributed by atoms with Gasteiger partial charge in [-0.3, -0.25) is 4.79 Å². The first kappa shape index (κ1) is 14.8. The molecule has 2 unspecified atom stereocenters. The highest BCUT2D eigenvalue weighted by atomic mass is 79.9. The van der Waals surface area contributed by atoms with Crippen molar-refractivity contribution in [3.05, 3.63) is 29.0 Å². The number of carbonyl (C=O) groups excluding carboxylic acids is 1. The van der Waals surface area contributed by atoms with Gasteiger partial charge in [0.15, 0.2) is 0 Å². The van der Waals surface area contributed by atoms with Crippen LogP contribution in [0.2, 0.25) is 5.02 Å². The van der Waals surface area contributed by atoms with E-state index >= 15 is 0 Å². The van der Waals surface area contributed by atoms with Crippen molar-refractivity contribution in [3.8, 4) is 0 Å². The van der Waals surface area contributed by atoms with E-state index in [9.17, 15) is 4.79 Å². The second kappa shape index (κ2) is 6.71. The van der Waals surface area contributed by atoms with Gasteiger partial charge in [0.1, 0.15) is 5.69 Å². The maximum atomic E-state index is 12.5. The van der Waals surface area contributed by atoms with Gasteiger partial charge < -0.3 is 4.90 Å². The van der Waals surface area contributed by atoms with Crippen LogP contribution in [0.4, 0.5) is 0 Å². The van der Waals surface area contributed by atoms with Gasteiger partial charge in [-0.15, -0.1) is 0 Å². The van der Waals surface area contributed by atoms with Gasteiger partial charge in [0.05, 0.1) is 5.02 Å². The Labute approximate surface area is 127 Å². The fourth-order valence-corrected chi connectivity index (χ4v) is 3.08. The van der Waals surface area contributed by atoms with Gasteiger partial charge in [-0.1, -0.05) is 34.5 Å². The first-order chi connectivity index (χ1) is 9.08. The fourth-order valence-electron chi connectivity index (χ4n) is 2.54. The molecule has 1 aliphatic heterocycles. The van der Waals surface area contributed by atoms with Crippen LogP contribution in [0.5, 0.6) is 0 Å². The Morgan fingerprint density at radius 2 is 2.37 bits per heavy atom. The summed E-state index contributed by atoms with van der Waals surface area (Å²) in [5, 5.41) is 0.556. The van der Waals surface area contributed by atoms with E-state index in [2.05, 4.69) is 27.8 Å². The molecule has 0 saturated carbocycles. The number of nitrogens with zero attached hydrogens (tertiary/aromatic N) is 2. The molecule has 1 aromatic rings. The highest BCUT2D eigenvalue weighted by Gasteiger charge is 2.28. The number of hydrogen-bond donors (Lipinski definition) is 0. The van der Waals surface area contributed by atoms with Crippen LogP contribution < -0.4 is 0 Å². The van der Waals surface area contributed by atoms with Crippen molar-refractivity contribution >= 4 is 33.4 Å². The van der Waals surface area contributed by atoms with Gasteiger partial charge in [0.25, 0.3) is 5.91 Å². The molecule has 0 spiro atoms. The summed E-state index contributed by atoms with van der Waals surface area (Å²) in [5.74, 6) is 0.0227. The highest BCUT2D eigenvalue weighted by Crippen LogP contribution is 2.24. The lowest BCUT2D eigenvalue weighted by atomic mass is 9.98. The highest BCUT2D eigenvalue weighted by molar-refractivity contribution is 9.09. The number of likely N-dealkylation sites (tertiary alicyclic amines) is 1. The van der Waals surface area contributed by atoms with E-state index in [1.165, 1.54) is 12.6 Å². The first-order valence-corrected chi connectivity index (χ1v) is 7.94. The number of carbonyl (C=O) groups is 1. The first-order valence-electron chi connectivity index (χ1n) is 6.64. The Hall–Kier alpha value is -0.610. The van der Waals surface area contributed by atoms with Gasteiger partial charge in [0, 0.05) is 23.6 Å². The van der Waals surface area contributed by atoms with Gasteiger partial charge >= 0.3 is 0 Å². The molecule has 104 valence electrons. The van der Waals surface area contributed by atoms with Crippen LogP contribution in [-0.2, 0) is 0 Å². The molecule has 19 heavy (non-hydrogen) atoms. The smallest absolute Gasteiger partial charge is 0.272 e. The Kier molecular flexibility index (Phi) is 5.22. The van der Waals surface area contributed by atoms with Crippen LogP contribution in [0.15, 0.2) is 18.3 Å². The minimum Gasteiger partial charge on any atom is -0.334 e. The maximum Gasteiger partial charge on any atom is 0.272 e. The Morgan fingerprint density at radius 3 is 3.00 bits per heavy atom. The zero-order valence-electron chi connectivity index (χ0n) is 11.0. The Morgan fingerprint density at radius 1 is 1.58 bits per heavy atom. The molecule has 2 atom stereocenters. The van der Waals surface area contributed by atoms with Crippen LogP contribution in [0, 0.1) is 0 Å². The summed E-state index contributed by atoms with van der Waals surface area (Å²) in [6.07, 6.45) is 5.87. The number of hydrogen-bond acceptors (Lipinski definition) is 2. The van der Waals surface area contributed by atoms with Crippen LogP contribution in [0.25, 0.3) is 0 Å². The van der Waals surface area contributed by atoms with Gasteiger partial charge in [-0.25, -0.2) is 4.98 Å². The lowest BCUT2D eigenvalue weighted by Gasteiger charge is -2.36. The minimum atomic E-state index is 0.0227. The molecule has 0 radical (unpaired) electrons. The zero-order chi connectivity index (χ0) is 13.8. The van der Waals surface area contributed by atoms with E-state index in [0.717, 1.165) is 25.8 Å². The summed E-state index contributed by atoms with van der Waals surface area (Å²) in [6, 6.07) is 3.73. The average Bonchev–Trinajstić information content (AvgIpc) is 2.39. The second-order valence-corrected chi connectivity index (χ2v) is 7.03. The number of alkyl halides is 1. The molecule has 0 N–H and O–H groups in total. The molecule has 1 fully saturated rings. The quantitative estimate of drug-likeness (QED) is 0.778. The third-order valence-corrected chi connectivity index (χ3v) is 4.03. The van der Waals surface area contributed by atoms with E-state index < -0.39 is 0 Å². The summed E-state index contributed by atoms with van der Waals surface area (Å²) in [6.45, 7) is 2.95. The van der Waals surface area contributed by atoms with Gasteiger partial charge in [0.2, 0.25) is 0 Å². The molecule has 0 aromatic carbocycles. The topological polar surface area (TPSA) is 33.2 Å². The molecular formula is C14H18BrClN2O. The predicted octanol–water partition coefficient (Wildman–Crippen LogP) is 3.90. The zero-order valence-corrected chi connectivity index (χ0v) is 13.3. The van der Waals surface area contributed by atoms with Crippen molar-refractivity contribution in [3.63, 3.8) is 0 Å². The number of piperidine rings is 1. The molecule has 5 heteroatoms.